The molecule has 3 N–H and O–H groups in total. The van der Waals surface area contributed by atoms with Crippen LogP contribution in [0.3, 0.4) is 0 Å². The second-order valence-corrected chi connectivity index (χ2v) is 8.25. The fourth-order valence-corrected chi connectivity index (χ4v) is 3.82. The number of hydrogen-bond donors (Lipinski definition) is 2. The fraction of sp³-hybridized carbons (Fsp3) is 0.467. The van der Waals surface area contributed by atoms with Gasteiger partial charge >= 0.3 is 0 Å². The molecule has 3 nitrogen and oxygen atoms in total. The number of carbonyl (C=O) groups is 1. The van der Waals surface area contributed by atoms with Gasteiger partial charge in [0.1, 0.15) is 0 Å². The maximum Gasteiger partial charge on any atom is 0.253 e. The second-order valence-electron chi connectivity index (χ2n) is 5.71. The first-order valence-electron chi connectivity index (χ1n) is 6.91. The number of thiocarbonyl (C=S) groups is 1. The van der Waals surface area contributed by atoms with E-state index in [1.807, 2.05) is 18.2 Å². The molecule has 0 unspecified atom stereocenters. The Kier molecular flexibility index (Phi) is 5.65. The van der Waals surface area contributed by atoms with Crippen molar-refractivity contribution >= 4 is 61.6 Å². The molecular formula is C15H18BrIN2OS. The summed E-state index contributed by atoms with van der Waals surface area (Å²) >= 11 is 10.9. The van der Waals surface area contributed by atoms with E-state index in [2.05, 4.69) is 50.8 Å². The summed E-state index contributed by atoms with van der Waals surface area (Å²) in [5.74, 6) is 0.538. The first-order chi connectivity index (χ1) is 9.84. The van der Waals surface area contributed by atoms with Crippen molar-refractivity contribution in [2.24, 2.45) is 11.7 Å². The molecule has 0 atom stereocenters. The largest absolute Gasteiger partial charge is 0.391 e. The van der Waals surface area contributed by atoms with Crippen molar-refractivity contribution in [3.05, 3.63) is 31.8 Å². The van der Waals surface area contributed by atoms with Crippen LogP contribution in [0, 0.1) is 9.49 Å². The third kappa shape index (κ3) is 3.96. The van der Waals surface area contributed by atoms with Gasteiger partial charge in [0.2, 0.25) is 0 Å². The zero-order valence-electron chi connectivity index (χ0n) is 11.8. The van der Waals surface area contributed by atoms with Gasteiger partial charge in [0, 0.05) is 8.04 Å². The van der Waals surface area contributed by atoms with Crippen molar-refractivity contribution in [2.45, 2.75) is 38.1 Å². The van der Waals surface area contributed by atoms with Crippen LogP contribution >= 0.6 is 50.7 Å². The van der Waals surface area contributed by atoms with Crippen LogP contribution in [0.2, 0.25) is 0 Å². The third-order valence-corrected chi connectivity index (χ3v) is 5.88. The van der Waals surface area contributed by atoms with Gasteiger partial charge in [-0.2, -0.15) is 0 Å². The molecule has 0 heterocycles. The molecule has 1 aromatic carbocycles. The monoisotopic (exact) mass is 480 g/mol. The van der Waals surface area contributed by atoms with Gasteiger partial charge in [0.15, 0.2) is 0 Å². The van der Waals surface area contributed by atoms with E-state index in [1.54, 1.807) is 0 Å². The Hall–Kier alpha value is -0.210. The van der Waals surface area contributed by atoms with Gasteiger partial charge in [-0.25, -0.2) is 0 Å². The summed E-state index contributed by atoms with van der Waals surface area (Å²) in [6.45, 7) is 2.22. The molecule has 114 valence electrons. The number of amides is 1. The molecule has 0 aromatic heterocycles. The number of halogens is 2. The van der Waals surface area contributed by atoms with E-state index >= 15 is 0 Å². The van der Waals surface area contributed by atoms with Gasteiger partial charge in [0.25, 0.3) is 5.91 Å². The highest BCUT2D eigenvalue weighted by atomic mass is 127. The van der Waals surface area contributed by atoms with E-state index in [1.165, 1.54) is 0 Å². The number of nitrogens with one attached hydrogen (secondary N) is 1. The maximum atomic E-state index is 12.6. The third-order valence-electron chi connectivity index (χ3n) is 4.13. The van der Waals surface area contributed by atoms with Crippen LogP contribution in [-0.2, 0) is 0 Å². The lowest BCUT2D eigenvalue weighted by atomic mass is 9.77. The maximum absolute atomic E-state index is 12.6. The molecule has 21 heavy (non-hydrogen) atoms. The van der Waals surface area contributed by atoms with Crippen LogP contribution in [0.15, 0.2) is 22.7 Å². The number of benzene rings is 1. The number of nitrogens with two attached hydrogens (primary N) is 1. The van der Waals surface area contributed by atoms with Crippen LogP contribution in [0.5, 0.6) is 0 Å². The van der Waals surface area contributed by atoms with Crippen molar-refractivity contribution in [3.63, 3.8) is 0 Å². The lowest BCUT2D eigenvalue weighted by molar-refractivity contribution is 0.0900. The van der Waals surface area contributed by atoms with Crippen LogP contribution in [0.4, 0.5) is 0 Å². The standard InChI is InChI=1S/C15H18BrIN2OS/c1-9-4-6-15(7-5-9,14(18)21)19-13(20)11-8-10(17)2-3-12(11)16/h2-3,8-9H,4-7H2,1H3,(H2,18,21)(H,19,20). The highest BCUT2D eigenvalue weighted by Gasteiger charge is 2.38. The van der Waals surface area contributed by atoms with E-state index < -0.39 is 5.54 Å². The van der Waals surface area contributed by atoms with E-state index in [4.69, 9.17) is 18.0 Å². The number of hydrogen-bond acceptors (Lipinski definition) is 2. The molecule has 1 amide bonds. The first-order valence-corrected chi connectivity index (χ1v) is 9.19. The van der Waals surface area contributed by atoms with E-state index in [-0.39, 0.29) is 5.91 Å². The van der Waals surface area contributed by atoms with Crippen molar-refractivity contribution in [2.75, 3.05) is 0 Å². The van der Waals surface area contributed by atoms with Crippen molar-refractivity contribution in [3.8, 4) is 0 Å². The predicted octanol–water partition coefficient (Wildman–Crippen LogP) is 4.02. The molecule has 6 heteroatoms. The Morgan fingerprint density at radius 1 is 1.48 bits per heavy atom. The molecule has 1 saturated carbocycles. The Bertz CT molecular complexity index is 571. The van der Waals surface area contributed by atoms with E-state index in [9.17, 15) is 4.79 Å². The molecular weight excluding hydrogens is 463 g/mol. The Morgan fingerprint density at radius 3 is 2.67 bits per heavy atom. The molecule has 1 fully saturated rings. The van der Waals surface area contributed by atoms with Crippen LogP contribution in [0.25, 0.3) is 0 Å². The molecule has 1 aliphatic carbocycles. The summed E-state index contributed by atoms with van der Waals surface area (Å²) in [4.78, 5) is 13.0. The minimum atomic E-state index is -0.542. The summed E-state index contributed by atoms with van der Waals surface area (Å²) in [7, 11) is 0. The summed E-state index contributed by atoms with van der Waals surface area (Å²) in [5, 5.41) is 3.10. The van der Waals surface area contributed by atoms with Crippen molar-refractivity contribution in [1.29, 1.82) is 0 Å². The fourth-order valence-electron chi connectivity index (χ4n) is 2.64. The highest BCUT2D eigenvalue weighted by Crippen LogP contribution is 2.33. The first kappa shape index (κ1) is 17.1. The predicted molar refractivity (Wildman–Crippen MR) is 101 cm³/mol. The van der Waals surface area contributed by atoms with Gasteiger partial charge in [-0.3, -0.25) is 4.79 Å². The van der Waals surface area contributed by atoms with Crippen molar-refractivity contribution < 1.29 is 4.79 Å². The molecule has 0 spiro atoms. The molecule has 0 bridgehead atoms. The highest BCUT2D eigenvalue weighted by molar-refractivity contribution is 14.1. The van der Waals surface area contributed by atoms with Gasteiger partial charge < -0.3 is 11.1 Å². The molecule has 0 aliphatic heterocycles. The Balaban J connectivity index is 2.23. The summed E-state index contributed by atoms with van der Waals surface area (Å²) in [6.07, 6.45) is 3.70. The van der Waals surface area contributed by atoms with Crippen molar-refractivity contribution in [1.82, 2.24) is 5.32 Å². The smallest absolute Gasteiger partial charge is 0.253 e. The van der Waals surface area contributed by atoms with Gasteiger partial charge in [-0.1, -0.05) is 19.1 Å². The molecule has 0 radical (unpaired) electrons. The topological polar surface area (TPSA) is 55.1 Å². The molecule has 1 aromatic rings. The second kappa shape index (κ2) is 6.91. The van der Waals surface area contributed by atoms with Crippen LogP contribution in [0.1, 0.15) is 43.0 Å². The minimum Gasteiger partial charge on any atom is -0.391 e. The Labute approximate surface area is 152 Å². The molecule has 1 aliphatic rings. The zero-order valence-corrected chi connectivity index (χ0v) is 16.3. The van der Waals surface area contributed by atoms with Gasteiger partial charge in [-0.15, -0.1) is 0 Å². The number of carbonyl (C=O) groups excluding carboxylic acids is 1. The number of rotatable bonds is 3. The lowest BCUT2D eigenvalue weighted by Crippen LogP contribution is -2.58. The average molecular weight is 481 g/mol. The van der Waals surface area contributed by atoms with Crippen LogP contribution < -0.4 is 11.1 Å². The molecule has 2 rings (SSSR count). The Morgan fingerprint density at radius 2 is 2.10 bits per heavy atom. The quantitative estimate of drug-likeness (QED) is 0.507. The molecule has 0 saturated heterocycles. The van der Waals surface area contributed by atoms with E-state index in [0.717, 1.165) is 33.7 Å². The summed E-state index contributed by atoms with van der Waals surface area (Å²) in [6, 6.07) is 5.69. The zero-order chi connectivity index (χ0) is 15.6. The summed E-state index contributed by atoms with van der Waals surface area (Å²) < 4.78 is 1.80. The SMILES string of the molecule is CC1CCC(NC(=O)c2cc(I)ccc2Br)(C(N)=S)CC1. The van der Waals surface area contributed by atoms with E-state index in [0.29, 0.717) is 16.5 Å². The van der Waals surface area contributed by atoms with Gasteiger partial charge in [-0.05, 0) is 88.3 Å². The lowest BCUT2D eigenvalue weighted by Gasteiger charge is -2.39. The minimum absolute atomic E-state index is 0.122. The van der Waals surface area contributed by atoms with Crippen LogP contribution in [-0.4, -0.2) is 16.4 Å². The summed E-state index contributed by atoms with van der Waals surface area (Å²) in [5.41, 5.74) is 6.02. The van der Waals surface area contributed by atoms with Gasteiger partial charge in [0.05, 0.1) is 16.1 Å². The normalized spacial score (nSPS) is 25.4. The average Bonchev–Trinajstić information content (AvgIpc) is 2.44.